The average Bonchev–Trinajstić information content (AvgIpc) is 2.63. The number of hydrogen-bond donors (Lipinski definition) is 0. The highest BCUT2D eigenvalue weighted by Gasteiger charge is 2.13. The van der Waals surface area contributed by atoms with Crippen molar-refractivity contribution in [3.05, 3.63) is 37.0 Å². The molecule has 2 rings (SSSR count). The highest BCUT2D eigenvalue weighted by atomic mass is 127. The quantitative estimate of drug-likeness (QED) is 0.625. The summed E-state index contributed by atoms with van der Waals surface area (Å²) in [6.07, 6.45) is 5.44. The fourth-order valence-electron chi connectivity index (χ4n) is 1.49. The van der Waals surface area contributed by atoms with Crippen LogP contribution in [0.4, 0.5) is 0 Å². The molecule has 0 N–H and O–H groups in total. The van der Waals surface area contributed by atoms with Gasteiger partial charge in [-0.3, -0.25) is 0 Å². The van der Waals surface area contributed by atoms with Gasteiger partial charge in [0.2, 0.25) is 0 Å². The van der Waals surface area contributed by atoms with Crippen LogP contribution >= 0.6 is 50.1 Å². The van der Waals surface area contributed by atoms with Crippen LogP contribution < -0.4 is 4.74 Å². The molecular formula is C11H9BrClIO. The molecule has 1 nitrogen and oxygen atoms in total. The number of ether oxygens (including phenoxy) is 1. The third-order valence-corrected chi connectivity index (χ3v) is 3.74. The van der Waals surface area contributed by atoms with Gasteiger partial charge in [0.05, 0.1) is 8.59 Å². The zero-order valence-electron chi connectivity index (χ0n) is 7.90. The molecule has 15 heavy (non-hydrogen) atoms. The van der Waals surface area contributed by atoms with Crippen molar-refractivity contribution in [2.75, 3.05) is 0 Å². The first kappa shape index (κ1) is 11.7. The van der Waals surface area contributed by atoms with E-state index >= 15 is 0 Å². The summed E-state index contributed by atoms with van der Waals surface area (Å²) < 4.78 is 7.80. The number of rotatable bonds is 2. The van der Waals surface area contributed by atoms with Crippen molar-refractivity contribution in [3.8, 4) is 5.75 Å². The van der Waals surface area contributed by atoms with Gasteiger partial charge in [-0.25, -0.2) is 0 Å². The van der Waals surface area contributed by atoms with Crippen LogP contribution in [-0.4, -0.2) is 0 Å². The molecule has 0 aromatic heterocycles. The van der Waals surface area contributed by atoms with E-state index in [0.717, 1.165) is 32.4 Å². The van der Waals surface area contributed by atoms with Crippen LogP contribution in [0.5, 0.6) is 5.75 Å². The van der Waals surface area contributed by atoms with Gasteiger partial charge in [-0.05, 0) is 53.6 Å². The minimum Gasteiger partial charge on any atom is -0.459 e. The Morgan fingerprint density at radius 1 is 1.40 bits per heavy atom. The molecule has 0 atom stereocenters. The molecule has 0 spiro atoms. The molecule has 80 valence electrons. The summed E-state index contributed by atoms with van der Waals surface area (Å²) in [5.74, 6) is 1.81. The van der Waals surface area contributed by atoms with Crippen LogP contribution in [0.25, 0.3) is 0 Å². The Labute approximate surface area is 116 Å². The van der Waals surface area contributed by atoms with Crippen molar-refractivity contribution in [1.82, 2.24) is 0 Å². The molecule has 1 aliphatic carbocycles. The number of halogens is 3. The molecule has 0 saturated carbocycles. The summed E-state index contributed by atoms with van der Waals surface area (Å²) in [5, 5.41) is 0.654. The molecule has 0 fully saturated rings. The number of benzene rings is 1. The molecular weight excluding hydrogens is 390 g/mol. The predicted octanol–water partition coefficient (Wildman–Crippen LogP) is 5.15. The first-order valence-electron chi connectivity index (χ1n) is 4.68. The summed E-state index contributed by atoms with van der Waals surface area (Å²) in [5.41, 5.74) is 0. The molecule has 1 aromatic rings. The Morgan fingerprint density at radius 2 is 2.20 bits per heavy atom. The van der Waals surface area contributed by atoms with E-state index in [0.29, 0.717) is 5.02 Å². The maximum absolute atomic E-state index is 6.13. The second-order valence-corrected chi connectivity index (χ2v) is 5.85. The zero-order chi connectivity index (χ0) is 10.8. The van der Waals surface area contributed by atoms with Crippen LogP contribution in [0.15, 0.2) is 28.4 Å². The van der Waals surface area contributed by atoms with Gasteiger partial charge in [0.15, 0.2) is 5.75 Å². The van der Waals surface area contributed by atoms with E-state index in [9.17, 15) is 0 Å². The third kappa shape index (κ3) is 2.88. The smallest absolute Gasteiger partial charge is 0.158 e. The van der Waals surface area contributed by atoms with Gasteiger partial charge in [-0.2, -0.15) is 0 Å². The Bertz CT molecular complexity index is 394. The molecule has 0 amide bonds. The van der Waals surface area contributed by atoms with Gasteiger partial charge in [-0.15, -0.1) is 0 Å². The summed E-state index contributed by atoms with van der Waals surface area (Å²) >= 11 is 11.8. The van der Waals surface area contributed by atoms with Crippen LogP contribution in [-0.2, 0) is 0 Å². The van der Waals surface area contributed by atoms with Crippen molar-refractivity contribution in [2.24, 2.45) is 0 Å². The minimum atomic E-state index is 0.654. The Hall–Kier alpha value is 0.260. The monoisotopic (exact) mass is 398 g/mol. The molecule has 0 aliphatic heterocycles. The lowest BCUT2D eigenvalue weighted by Gasteiger charge is -2.10. The lowest BCUT2D eigenvalue weighted by molar-refractivity contribution is 0.409. The van der Waals surface area contributed by atoms with Crippen LogP contribution in [0, 0.1) is 3.57 Å². The zero-order valence-corrected chi connectivity index (χ0v) is 12.4. The summed E-state index contributed by atoms with van der Waals surface area (Å²) in [7, 11) is 0. The maximum Gasteiger partial charge on any atom is 0.158 e. The SMILES string of the molecule is Clc1cc(Br)cc(I)c1OC1=CCCC1. The maximum atomic E-state index is 6.13. The molecule has 1 aliphatic rings. The first-order valence-corrected chi connectivity index (χ1v) is 6.93. The fourth-order valence-corrected chi connectivity index (χ4v) is 3.66. The first-order chi connectivity index (χ1) is 7.16. The topological polar surface area (TPSA) is 9.23 Å². The van der Waals surface area contributed by atoms with E-state index in [1.165, 1.54) is 6.42 Å². The van der Waals surface area contributed by atoms with Crippen molar-refractivity contribution in [3.63, 3.8) is 0 Å². The summed E-state index contributed by atoms with van der Waals surface area (Å²) in [4.78, 5) is 0. The van der Waals surface area contributed by atoms with Gasteiger partial charge in [0.25, 0.3) is 0 Å². The van der Waals surface area contributed by atoms with Crippen molar-refractivity contribution in [1.29, 1.82) is 0 Å². The van der Waals surface area contributed by atoms with Gasteiger partial charge in [0, 0.05) is 10.9 Å². The minimum absolute atomic E-state index is 0.654. The van der Waals surface area contributed by atoms with Crippen molar-refractivity contribution < 1.29 is 4.74 Å². The van der Waals surface area contributed by atoms with Gasteiger partial charge in [-0.1, -0.05) is 27.5 Å². The third-order valence-electron chi connectivity index (χ3n) is 2.20. The van der Waals surface area contributed by atoms with Crippen molar-refractivity contribution >= 4 is 50.1 Å². The Morgan fingerprint density at radius 3 is 2.80 bits per heavy atom. The van der Waals surface area contributed by atoms with Crippen molar-refractivity contribution in [2.45, 2.75) is 19.3 Å². The average molecular weight is 399 g/mol. The van der Waals surface area contributed by atoms with E-state index in [1.807, 2.05) is 12.1 Å². The molecule has 0 heterocycles. The largest absolute Gasteiger partial charge is 0.459 e. The van der Waals surface area contributed by atoms with Gasteiger partial charge in [0.1, 0.15) is 5.76 Å². The van der Waals surface area contributed by atoms with Crippen LogP contribution in [0.1, 0.15) is 19.3 Å². The van der Waals surface area contributed by atoms with E-state index in [4.69, 9.17) is 16.3 Å². The molecule has 0 saturated heterocycles. The highest BCUT2D eigenvalue weighted by Crippen LogP contribution is 2.36. The molecule has 4 heteroatoms. The van der Waals surface area contributed by atoms with E-state index in [1.54, 1.807) is 0 Å². The number of hydrogen-bond acceptors (Lipinski definition) is 1. The lowest BCUT2D eigenvalue weighted by atomic mass is 10.3. The normalized spacial score (nSPS) is 15.3. The standard InChI is InChI=1S/C11H9BrClIO/c12-7-5-9(13)11(10(14)6-7)15-8-3-1-2-4-8/h3,5-6H,1-2,4H2. The second-order valence-electron chi connectivity index (χ2n) is 3.36. The summed E-state index contributed by atoms with van der Waals surface area (Å²) in [6, 6.07) is 3.85. The molecule has 0 unspecified atom stereocenters. The Balaban J connectivity index is 2.27. The predicted molar refractivity (Wildman–Crippen MR) is 74.4 cm³/mol. The number of allylic oxidation sites excluding steroid dienone is 2. The van der Waals surface area contributed by atoms with Crippen LogP contribution in [0.2, 0.25) is 5.02 Å². The van der Waals surface area contributed by atoms with E-state index < -0.39 is 0 Å². The lowest BCUT2D eigenvalue weighted by Crippen LogP contribution is -1.95. The Kier molecular flexibility index (Phi) is 3.96. The van der Waals surface area contributed by atoms with E-state index in [-0.39, 0.29) is 0 Å². The van der Waals surface area contributed by atoms with E-state index in [2.05, 4.69) is 44.6 Å². The fraction of sp³-hybridized carbons (Fsp3) is 0.273. The second kappa shape index (κ2) is 5.06. The summed E-state index contributed by atoms with van der Waals surface area (Å²) in [6.45, 7) is 0. The molecule has 1 aromatic carbocycles. The van der Waals surface area contributed by atoms with Gasteiger partial charge >= 0.3 is 0 Å². The van der Waals surface area contributed by atoms with Gasteiger partial charge < -0.3 is 4.74 Å². The highest BCUT2D eigenvalue weighted by molar-refractivity contribution is 14.1. The van der Waals surface area contributed by atoms with Crippen LogP contribution in [0.3, 0.4) is 0 Å². The molecule has 0 bridgehead atoms. The molecule has 0 radical (unpaired) electrons.